The van der Waals surface area contributed by atoms with Crippen molar-refractivity contribution in [3.8, 4) is 11.5 Å². The van der Waals surface area contributed by atoms with Crippen LogP contribution >= 0.6 is 0 Å². The van der Waals surface area contributed by atoms with Gasteiger partial charge in [0.25, 0.3) is 0 Å². The molecule has 0 aliphatic carbocycles. The Balaban J connectivity index is 1.73. The molecule has 1 aliphatic heterocycles. The number of esters is 1. The van der Waals surface area contributed by atoms with Gasteiger partial charge in [0.05, 0.1) is 17.1 Å². The SMILES string of the molecule is CCCOc1ccccc1OC(=O)c1ccc(S(=O)(=O)N2CCCC2)cc1. The van der Waals surface area contributed by atoms with Crippen LogP contribution in [0.15, 0.2) is 53.4 Å². The topological polar surface area (TPSA) is 72.9 Å². The van der Waals surface area contributed by atoms with Gasteiger partial charge in [-0.15, -0.1) is 0 Å². The lowest BCUT2D eigenvalue weighted by molar-refractivity contribution is 0.0728. The molecule has 0 radical (unpaired) electrons. The van der Waals surface area contributed by atoms with Gasteiger partial charge in [0, 0.05) is 13.1 Å². The van der Waals surface area contributed by atoms with Crippen molar-refractivity contribution >= 4 is 16.0 Å². The van der Waals surface area contributed by atoms with E-state index in [0.29, 0.717) is 31.2 Å². The van der Waals surface area contributed by atoms with E-state index in [1.807, 2.05) is 6.92 Å². The Hall–Kier alpha value is -2.38. The highest BCUT2D eigenvalue weighted by Gasteiger charge is 2.27. The molecule has 0 aromatic heterocycles. The number of benzene rings is 2. The molecule has 1 heterocycles. The highest BCUT2D eigenvalue weighted by molar-refractivity contribution is 7.89. The second-order valence-electron chi connectivity index (χ2n) is 6.32. The lowest BCUT2D eigenvalue weighted by Crippen LogP contribution is -2.27. The second kappa shape index (κ2) is 8.54. The molecule has 1 saturated heterocycles. The van der Waals surface area contributed by atoms with E-state index in [0.717, 1.165) is 19.3 Å². The van der Waals surface area contributed by atoms with Crippen molar-refractivity contribution < 1.29 is 22.7 Å². The summed E-state index contributed by atoms with van der Waals surface area (Å²) in [5, 5.41) is 0. The zero-order chi connectivity index (χ0) is 19.3. The zero-order valence-corrected chi connectivity index (χ0v) is 16.1. The van der Waals surface area contributed by atoms with Crippen LogP contribution in [0.25, 0.3) is 0 Å². The maximum Gasteiger partial charge on any atom is 0.343 e. The lowest BCUT2D eigenvalue weighted by Gasteiger charge is -2.15. The number of hydrogen-bond acceptors (Lipinski definition) is 5. The maximum atomic E-state index is 12.5. The van der Waals surface area contributed by atoms with Crippen LogP contribution in [0.5, 0.6) is 11.5 Å². The van der Waals surface area contributed by atoms with E-state index in [9.17, 15) is 13.2 Å². The number of carbonyl (C=O) groups excluding carboxylic acids is 1. The fourth-order valence-electron chi connectivity index (χ4n) is 2.87. The molecular formula is C20H23NO5S. The Morgan fingerprint density at radius 2 is 1.63 bits per heavy atom. The number of carbonyl (C=O) groups is 1. The number of sulfonamides is 1. The van der Waals surface area contributed by atoms with E-state index >= 15 is 0 Å². The first-order chi connectivity index (χ1) is 13.0. The molecule has 0 unspecified atom stereocenters. The van der Waals surface area contributed by atoms with Crippen LogP contribution in [0, 0.1) is 0 Å². The van der Waals surface area contributed by atoms with E-state index in [1.165, 1.54) is 28.6 Å². The summed E-state index contributed by atoms with van der Waals surface area (Å²) >= 11 is 0. The number of nitrogens with zero attached hydrogens (tertiary/aromatic N) is 1. The van der Waals surface area contributed by atoms with E-state index in [-0.39, 0.29) is 10.5 Å². The van der Waals surface area contributed by atoms with Gasteiger partial charge in [-0.1, -0.05) is 19.1 Å². The lowest BCUT2D eigenvalue weighted by atomic mass is 10.2. The van der Waals surface area contributed by atoms with Crippen LogP contribution in [0.2, 0.25) is 0 Å². The predicted octanol–water partition coefficient (Wildman–Crippen LogP) is 3.48. The summed E-state index contributed by atoms with van der Waals surface area (Å²) in [6.07, 6.45) is 2.60. The van der Waals surface area contributed by atoms with Gasteiger partial charge in [-0.3, -0.25) is 0 Å². The molecule has 0 spiro atoms. The molecule has 3 rings (SSSR count). The Kier molecular flexibility index (Phi) is 6.13. The Bertz CT molecular complexity index is 887. The number of hydrogen-bond donors (Lipinski definition) is 0. The summed E-state index contributed by atoms with van der Waals surface area (Å²) in [5.41, 5.74) is 0.278. The van der Waals surface area contributed by atoms with Gasteiger partial charge < -0.3 is 9.47 Å². The van der Waals surface area contributed by atoms with Crippen LogP contribution in [0.1, 0.15) is 36.5 Å². The van der Waals surface area contributed by atoms with Crippen molar-refractivity contribution in [1.82, 2.24) is 4.31 Å². The van der Waals surface area contributed by atoms with Crippen LogP contribution in [-0.4, -0.2) is 38.4 Å². The van der Waals surface area contributed by atoms with Gasteiger partial charge in [-0.2, -0.15) is 4.31 Å². The monoisotopic (exact) mass is 389 g/mol. The molecule has 0 bridgehead atoms. The number of para-hydroxylation sites is 2. The molecule has 2 aromatic rings. The van der Waals surface area contributed by atoms with Gasteiger partial charge in [-0.25, -0.2) is 13.2 Å². The van der Waals surface area contributed by atoms with Crippen LogP contribution in [0.3, 0.4) is 0 Å². The van der Waals surface area contributed by atoms with Gasteiger partial charge in [0.2, 0.25) is 10.0 Å². The highest BCUT2D eigenvalue weighted by atomic mass is 32.2. The number of ether oxygens (including phenoxy) is 2. The fraction of sp³-hybridized carbons (Fsp3) is 0.350. The molecule has 0 N–H and O–H groups in total. The summed E-state index contributed by atoms with van der Waals surface area (Å²) in [4.78, 5) is 12.6. The third-order valence-corrected chi connectivity index (χ3v) is 6.22. The van der Waals surface area contributed by atoms with Crippen molar-refractivity contribution in [1.29, 1.82) is 0 Å². The van der Waals surface area contributed by atoms with Crippen LogP contribution in [-0.2, 0) is 10.0 Å². The molecule has 27 heavy (non-hydrogen) atoms. The second-order valence-corrected chi connectivity index (χ2v) is 8.26. The molecule has 2 aromatic carbocycles. The van der Waals surface area contributed by atoms with Crippen molar-refractivity contribution in [2.24, 2.45) is 0 Å². The third-order valence-electron chi connectivity index (χ3n) is 4.31. The minimum atomic E-state index is -3.50. The van der Waals surface area contributed by atoms with Gasteiger partial charge in [-0.05, 0) is 55.7 Å². The molecule has 144 valence electrons. The molecule has 0 amide bonds. The third kappa shape index (κ3) is 4.48. The van der Waals surface area contributed by atoms with Crippen molar-refractivity contribution in [3.05, 3.63) is 54.1 Å². The largest absolute Gasteiger partial charge is 0.490 e. The molecule has 1 fully saturated rings. The normalized spacial score (nSPS) is 14.9. The summed E-state index contributed by atoms with van der Waals surface area (Å²) < 4.78 is 37.6. The first-order valence-electron chi connectivity index (χ1n) is 9.06. The molecule has 0 saturated carbocycles. The molecule has 1 aliphatic rings. The van der Waals surface area contributed by atoms with Gasteiger partial charge >= 0.3 is 5.97 Å². The van der Waals surface area contributed by atoms with Crippen LogP contribution < -0.4 is 9.47 Å². The predicted molar refractivity (Wildman–Crippen MR) is 102 cm³/mol. The molecule has 6 nitrogen and oxygen atoms in total. The Labute approximate surface area is 159 Å². The summed E-state index contributed by atoms with van der Waals surface area (Å²) in [6.45, 7) is 3.60. The minimum Gasteiger partial charge on any atom is -0.490 e. The van der Waals surface area contributed by atoms with E-state index in [2.05, 4.69) is 0 Å². The molecule has 0 atom stereocenters. The van der Waals surface area contributed by atoms with Gasteiger partial charge in [0.15, 0.2) is 11.5 Å². The van der Waals surface area contributed by atoms with Gasteiger partial charge in [0.1, 0.15) is 0 Å². The first kappa shape index (κ1) is 19.4. The van der Waals surface area contributed by atoms with Crippen LogP contribution in [0.4, 0.5) is 0 Å². The molecular weight excluding hydrogens is 366 g/mol. The fourth-order valence-corrected chi connectivity index (χ4v) is 4.38. The summed E-state index contributed by atoms with van der Waals surface area (Å²) in [6, 6.07) is 12.8. The quantitative estimate of drug-likeness (QED) is 0.535. The maximum absolute atomic E-state index is 12.5. The van der Waals surface area contributed by atoms with E-state index in [1.54, 1.807) is 24.3 Å². The first-order valence-corrected chi connectivity index (χ1v) is 10.5. The summed E-state index contributed by atoms with van der Waals surface area (Å²) in [7, 11) is -3.50. The van der Waals surface area contributed by atoms with E-state index in [4.69, 9.17) is 9.47 Å². The van der Waals surface area contributed by atoms with Crippen molar-refractivity contribution in [3.63, 3.8) is 0 Å². The smallest absolute Gasteiger partial charge is 0.343 e. The summed E-state index contributed by atoms with van der Waals surface area (Å²) in [5.74, 6) is 0.276. The van der Waals surface area contributed by atoms with Crippen molar-refractivity contribution in [2.45, 2.75) is 31.1 Å². The molecule has 7 heteroatoms. The average Bonchev–Trinajstić information content (AvgIpc) is 3.23. The van der Waals surface area contributed by atoms with E-state index < -0.39 is 16.0 Å². The highest BCUT2D eigenvalue weighted by Crippen LogP contribution is 2.28. The zero-order valence-electron chi connectivity index (χ0n) is 15.3. The minimum absolute atomic E-state index is 0.188. The number of rotatable bonds is 7. The average molecular weight is 389 g/mol. The standard InChI is InChI=1S/C20H23NO5S/c1-2-15-25-18-7-3-4-8-19(18)26-20(22)16-9-11-17(12-10-16)27(23,24)21-13-5-6-14-21/h3-4,7-12H,2,5-6,13-15H2,1H3. The Morgan fingerprint density at radius 3 is 2.26 bits per heavy atom. The van der Waals surface area contributed by atoms with Crippen molar-refractivity contribution in [2.75, 3.05) is 19.7 Å². The Morgan fingerprint density at radius 1 is 1.00 bits per heavy atom.